The lowest BCUT2D eigenvalue weighted by Gasteiger charge is -2.12. The van der Waals surface area contributed by atoms with Gasteiger partial charge in [-0.3, -0.25) is 4.79 Å². The highest BCUT2D eigenvalue weighted by molar-refractivity contribution is 5.93. The minimum Gasteiger partial charge on any atom is -0.366 e. The summed E-state index contributed by atoms with van der Waals surface area (Å²) in [5.41, 5.74) is 2.79. The molecule has 122 valence electrons. The standard InChI is InChI=1S/C18H24N4O/c1-5-13(3)20-18(23)16-10-17(22-14(4)21-16)19-11-15-8-6-12(2)7-9-15/h6-10,13H,5,11H2,1-4H3,(H,20,23)(H,19,21,22). The van der Waals surface area contributed by atoms with E-state index in [4.69, 9.17) is 0 Å². The first-order chi connectivity index (χ1) is 11.0. The van der Waals surface area contributed by atoms with Gasteiger partial charge in [0.1, 0.15) is 17.3 Å². The summed E-state index contributed by atoms with van der Waals surface area (Å²) in [7, 11) is 0. The second-order valence-corrected chi connectivity index (χ2v) is 5.81. The summed E-state index contributed by atoms with van der Waals surface area (Å²) in [5.74, 6) is 1.07. The number of carbonyl (C=O) groups excluding carboxylic acids is 1. The summed E-state index contributed by atoms with van der Waals surface area (Å²) in [5, 5.41) is 6.18. The molecule has 0 aliphatic carbocycles. The predicted octanol–water partition coefficient (Wildman–Crippen LogP) is 3.23. The molecular formula is C18H24N4O. The third kappa shape index (κ3) is 5.06. The fraction of sp³-hybridized carbons (Fsp3) is 0.389. The molecule has 0 radical (unpaired) electrons. The van der Waals surface area contributed by atoms with Gasteiger partial charge in [-0.05, 0) is 32.8 Å². The van der Waals surface area contributed by atoms with Crippen LogP contribution in [0.2, 0.25) is 0 Å². The highest BCUT2D eigenvalue weighted by atomic mass is 16.1. The van der Waals surface area contributed by atoms with Gasteiger partial charge in [0.25, 0.3) is 5.91 Å². The fourth-order valence-corrected chi connectivity index (χ4v) is 2.07. The van der Waals surface area contributed by atoms with E-state index in [-0.39, 0.29) is 11.9 Å². The largest absolute Gasteiger partial charge is 0.366 e. The summed E-state index contributed by atoms with van der Waals surface area (Å²) in [6.07, 6.45) is 0.883. The van der Waals surface area contributed by atoms with Crippen molar-refractivity contribution in [2.45, 2.75) is 46.7 Å². The van der Waals surface area contributed by atoms with Crippen LogP contribution in [0.15, 0.2) is 30.3 Å². The Labute approximate surface area is 137 Å². The highest BCUT2D eigenvalue weighted by Crippen LogP contribution is 2.10. The van der Waals surface area contributed by atoms with E-state index in [2.05, 4.69) is 51.8 Å². The first kappa shape index (κ1) is 16.9. The number of aromatic nitrogens is 2. The van der Waals surface area contributed by atoms with Gasteiger partial charge in [-0.2, -0.15) is 0 Å². The molecule has 0 spiro atoms. The van der Waals surface area contributed by atoms with E-state index >= 15 is 0 Å². The average molecular weight is 312 g/mol. The van der Waals surface area contributed by atoms with Crippen molar-refractivity contribution in [3.05, 3.63) is 53.0 Å². The summed E-state index contributed by atoms with van der Waals surface area (Å²) >= 11 is 0. The quantitative estimate of drug-likeness (QED) is 0.859. The summed E-state index contributed by atoms with van der Waals surface area (Å²) in [6, 6.07) is 10.1. The topological polar surface area (TPSA) is 66.9 Å². The van der Waals surface area contributed by atoms with E-state index in [0.29, 0.717) is 23.9 Å². The Morgan fingerprint density at radius 2 is 1.87 bits per heavy atom. The third-order valence-electron chi connectivity index (χ3n) is 3.65. The Kier molecular flexibility index (Phi) is 5.68. The lowest BCUT2D eigenvalue weighted by molar-refractivity contribution is 0.0934. The van der Waals surface area contributed by atoms with Gasteiger partial charge >= 0.3 is 0 Å². The van der Waals surface area contributed by atoms with Crippen molar-refractivity contribution in [3.63, 3.8) is 0 Å². The average Bonchev–Trinajstić information content (AvgIpc) is 2.53. The number of rotatable bonds is 6. The predicted molar refractivity (Wildman–Crippen MR) is 92.5 cm³/mol. The molecule has 0 fully saturated rings. The maximum atomic E-state index is 12.2. The van der Waals surface area contributed by atoms with Gasteiger partial charge in [0.05, 0.1) is 0 Å². The van der Waals surface area contributed by atoms with Crippen LogP contribution in [-0.2, 0) is 6.54 Å². The van der Waals surface area contributed by atoms with E-state index in [0.717, 1.165) is 12.0 Å². The van der Waals surface area contributed by atoms with Crippen LogP contribution in [0.3, 0.4) is 0 Å². The van der Waals surface area contributed by atoms with Gasteiger partial charge < -0.3 is 10.6 Å². The number of hydrogen-bond donors (Lipinski definition) is 2. The molecule has 2 rings (SSSR count). The summed E-state index contributed by atoms with van der Waals surface area (Å²) in [6.45, 7) is 8.51. The lowest BCUT2D eigenvalue weighted by Crippen LogP contribution is -2.32. The zero-order chi connectivity index (χ0) is 16.8. The number of benzene rings is 1. The number of nitrogens with one attached hydrogen (secondary N) is 2. The Hall–Kier alpha value is -2.43. The highest BCUT2D eigenvalue weighted by Gasteiger charge is 2.12. The molecule has 1 aromatic carbocycles. The third-order valence-corrected chi connectivity index (χ3v) is 3.65. The number of nitrogens with zero attached hydrogens (tertiary/aromatic N) is 2. The van der Waals surface area contributed by atoms with Gasteiger partial charge in [0.15, 0.2) is 0 Å². The van der Waals surface area contributed by atoms with Crippen LogP contribution in [0, 0.1) is 13.8 Å². The zero-order valence-corrected chi connectivity index (χ0v) is 14.2. The Bertz CT molecular complexity index is 667. The summed E-state index contributed by atoms with van der Waals surface area (Å²) in [4.78, 5) is 20.8. The van der Waals surface area contributed by atoms with E-state index in [1.807, 2.05) is 13.8 Å². The Morgan fingerprint density at radius 1 is 1.17 bits per heavy atom. The maximum absolute atomic E-state index is 12.2. The van der Waals surface area contributed by atoms with Crippen molar-refractivity contribution in [1.29, 1.82) is 0 Å². The molecule has 0 saturated carbocycles. The van der Waals surface area contributed by atoms with Crippen LogP contribution >= 0.6 is 0 Å². The van der Waals surface area contributed by atoms with Gasteiger partial charge in [-0.25, -0.2) is 9.97 Å². The van der Waals surface area contributed by atoms with Crippen LogP contribution in [0.5, 0.6) is 0 Å². The first-order valence-electron chi connectivity index (χ1n) is 7.94. The van der Waals surface area contributed by atoms with Crippen molar-refractivity contribution < 1.29 is 4.79 Å². The number of aryl methyl sites for hydroxylation is 2. The van der Waals surface area contributed by atoms with Crippen LogP contribution in [0.1, 0.15) is 47.7 Å². The molecule has 1 amide bonds. The van der Waals surface area contributed by atoms with E-state index in [1.54, 1.807) is 13.0 Å². The number of hydrogen-bond acceptors (Lipinski definition) is 4. The Balaban J connectivity index is 2.07. The second kappa shape index (κ2) is 7.72. The van der Waals surface area contributed by atoms with Crippen LogP contribution < -0.4 is 10.6 Å². The molecule has 0 bridgehead atoms. The molecule has 5 heteroatoms. The van der Waals surface area contributed by atoms with E-state index in [9.17, 15) is 4.79 Å². The van der Waals surface area contributed by atoms with Gasteiger partial charge in [0, 0.05) is 18.7 Å². The zero-order valence-electron chi connectivity index (χ0n) is 14.2. The molecule has 1 atom stereocenters. The lowest BCUT2D eigenvalue weighted by atomic mass is 10.1. The van der Waals surface area contributed by atoms with Crippen LogP contribution in [0.4, 0.5) is 5.82 Å². The molecule has 23 heavy (non-hydrogen) atoms. The number of carbonyl (C=O) groups is 1. The minimum atomic E-state index is -0.164. The number of anilines is 1. The molecule has 0 aliphatic rings. The number of amides is 1. The maximum Gasteiger partial charge on any atom is 0.270 e. The normalized spacial score (nSPS) is 11.8. The van der Waals surface area contributed by atoms with Crippen molar-refractivity contribution in [2.24, 2.45) is 0 Å². The minimum absolute atomic E-state index is 0.127. The van der Waals surface area contributed by atoms with Crippen LogP contribution in [-0.4, -0.2) is 21.9 Å². The van der Waals surface area contributed by atoms with E-state index < -0.39 is 0 Å². The van der Waals surface area contributed by atoms with Gasteiger partial charge in [0.2, 0.25) is 0 Å². The van der Waals surface area contributed by atoms with E-state index in [1.165, 1.54) is 5.56 Å². The molecular weight excluding hydrogens is 288 g/mol. The van der Waals surface area contributed by atoms with Crippen molar-refractivity contribution in [2.75, 3.05) is 5.32 Å². The van der Waals surface area contributed by atoms with Crippen molar-refractivity contribution >= 4 is 11.7 Å². The van der Waals surface area contributed by atoms with Gasteiger partial charge in [-0.15, -0.1) is 0 Å². The van der Waals surface area contributed by atoms with Crippen LogP contribution in [0.25, 0.3) is 0 Å². The first-order valence-corrected chi connectivity index (χ1v) is 7.94. The van der Waals surface area contributed by atoms with Crippen molar-refractivity contribution in [1.82, 2.24) is 15.3 Å². The molecule has 2 N–H and O–H groups in total. The molecule has 5 nitrogen and oxygen atoms in total. The SMILES string of the molecule is CCC(C)NC(=O)c1cc(NCc2ccc(C)cc2)nc(C)n1. The second-order valence-electron chi connectivity index (χ2n) is 5.81. The molecule has 1 unspecified atom stereocenters. The molecule has 0 saturated heterocycles. The summed E-state index contributed by atoms with van der Waals surface area (Å²) < 4.78 is 0. The Morgan fingerprint density at radius 3 is 2.52 bits per heavy atom. The molecule has 1 heterocycles. The fourth-order valence-electron chi connectivity index (χ4n) is 2.07. The van der Waals surface area contributed by atoms with Crippen molar-refractivity contribution in [3.8, 4) is 0 Å². The van der Waals surface area contributed by atoms with Gasteiger partial charge in [-0.1, -0.05) is 36.8 Å². The smallest absolute Gasteiger partial charge is 0.270 e. The molecule has 1 aromatic heterocycles. The monoisotopic (exact) mass is 312 g/mol. The molecule has 2 aromatic rings. The molecule has 0 aliphatic heterocycles.